The van der Waals surface area contributed by atoms with E-state index in [1.165, 1.54) is 12.5 Å². The Morgan fingerprint density at radius 3 is 2.70 bits per heavy atom. The molecule has 0 saturated heterocycles. The van der Waals surface area contributed by atoms with Crippen molar-refractivity contribution in [1.82, 2.24) is 9.97 Å². The third-order valence-corrected chi connectivity index (χ3v) is 4.13. The van der Waals surface area contributed by atoms with Crippen LogP contribution in [0.1, 0.15) is 36.1 Å². The third kappa shape index (κ3) is 2.55. The molecule has 0 atom stereocenters. The molecule has 1 aromatic heterocycles. The van der Waals surface area contributed by atoms with Gasteiger partial charge in [-0.2, -0.15) is 0 Å². The van der Waals surface area contributed by atoms with E-state index in [9.17, 15) is 4.39 Å². The molecule has 2 nitrogen and oxygen atoms in total. The van der Waals surface area contributed by atoms with Crippen LogP contribution >= 0.6 is 11.6 Å². The van der Waals surface area contributed by atoms with Gasteiger partial charge in [-0.3, -0.25) is 0 Å². The van der Waals surface area contributed by atoms with Crippen LogP contribution < -0.4 is 0 Å². The van der Waals surface area contributed by atoms with E-state index in [0.29, 0.717) is 22.1 Å². The molecule has 1 aliphatic rings. The molecule has 0 radical (unpaired) electrons. The van der Waals surface area contributed by atoms with Crippen molar-refractivity contribution in [2.45, 2.75) is 39.0 Å². The second-order valence-electron chi connectivity index (χ2n) is 5.29. The summed E-state index contributed by atoms with van der Waals surface area (Å²) in [6, 6.07) is 5.06. The van der Waals surface area contributed by atoms with Crippen LogP contribution in [0.25, 0.3) is 11.4 Å². The number of hydrogen-bond acceptors (Lipinski definition) is 2. The molecule has 0 bridgehead atoms. The maximum absolute atomic E-state index is 13.7. The summed E-state index contributed by atoms with van der Waals surface area (Å²) >= 11 is 6.30. The Labute approximate surface area is 123 Å². The minimum Gasteiger partial charge on any atom is -0.233 e. The van der Waals surface area contributed by atoms with Gasteiger partial charge in [0.05, 0.1) is 0 Å². The molecule has 20 heavy (non-hydrogen) atoms. The molecule has 1 heterocycles. The van der Waals surface area contributed by atoms with Crippen molar-refractivity contribution in [3.63, 3.8) is 0 Å². The number of aromatic nitrogens is 2. The molecule has 0 fully saturated rings. The van der Waals surface area contributed by atoms with Crippen LogP contribution in [0.5, 0.6) is 0 Å². The number of halogens is 2. The van der Waals surface area contributed by atoms with Crippen LogP contribution in [0.2, 0.25) is 5.15 Å². The molecule has 104 valence electrons. The highest BCUT2D eigenvalue weighted by molar-refractivity contribution is 6.30. The molecule has 3 rings (SSSR count). The summed E-state index contributed by atoms with van der Waals surface area (Å²) in [6.07, 6.45) is 5.33. The standard InChI is InChI=1S/C16H16ClFN2/c1-10-7-8-11(9-13(10)18)16-19-14-6-4-2-3-5-12(14)15(17)20-16/h7-9H,2-6H2,1H3. The smallest absolute Gasteiger partial charge is 0.161 e. The second-order valence-corrected chi connectivity index (χ2v) is 5.65. The summed E-state index contributed by atoms with van der Waals surface area (Å²) < 4.78 is 13.7. The fourth-order valence-electron chi connectivity index (χ4n) is 2.59. The van der Waals surface area contributed by atoms with Gasteiger partial charge in [0.15, 0.2) is 5.82 Å². The third-order valence-electron chi connectivity index (χ3n) is 3.81. The summed E-state index contributed by atoms with van der Waals surface area (Å²) in [5.74, 6) is 0.284. The summed E-state index contributed by atoms with van der Waals surface area (Å²) in [6.45, 7) is 1.74. The lowest BCUT2D eigenvalue weighted by molar-refractivity contribution is 0.619. The summed E-state index contributed by atoms with van der Waals surface area (Å²) in [5.41, 5.74) is 3.40. The minimum absolute atomic E-state index is 0.239. The topological polar surface area (TPSA) is 25.8 Å². The first kappa shape index (κ1) is 13.5. The Hall–Kier alpha value is -1.48. The average Bonchev–Trinajstić information content (AvgIpc) is 2.67. The Kier molecular flexibility index (Phi) is 3.70. The number of fused-ring (bicyclic) bond motifs is 1. The van der Waals surface area contributed by atoms with Crippen molar-refractivity contribution in [3.05, 3.63) is 46.0 Å². The molecule has 0 N–H and O–H groups in total. The molecular weight excluding hydrogens is 275 g/mol. The average molecular weight is 291 g/mol. The van der Waals surface area contributed by atoms with Crippen LogP contribution in [-0.4, -0.2) is 9.97 Å². The molecule has 0 saturated carbocycles. The maximum Gasteiger partial charge on any atom is 0.161 e. The number of rotatable bonds is 1. The summed E-state index contributed by atoms with van der Waals surface area (Å²) in [4.78, 5) is 8.97. The molecule has 1 aromatic carbocycles. The van der Waals surface area contributed by atoms with Crippen LogP contribution in [0.15, 0.2) is 18.2 Å². The largest absolute Gasteiger partial charge is 0.233 e. The zero-order valence-electron chi connectivity index (χ0n) is 11.4. The zero-order valence-corrected chi connectivity index (χ0v) is 12.2. The van der Waals surface area contributed by atoms with Gasteiger partial charge in [-0.15, -0.1) is 0 Å². The highest BCUT2D eigenvalue weighted by Crippen LogP contribution is 2.28. The molecule has 0 amide bonds. The quantitative estimate of drug-likeness (QED) is 0.570. The molecular formula is C16H16ClFN2. The van der Waals surface area contributed by atoms with E-state index in [1.807, 2.05) is 6.07 Å². The zero-order chi connectivity index (χ0) is 14.1. The predicted molar refractivity (Wildman–Crippen MR) is 78.4 cm³/mol. The normalized spacial score (nSPS) is 14.8. The fraction of sp³-hybridized carbons (Fsp3) is 0.375. The van der Waals surface area contributed by atoms with E-state index < -0.39 is 0 Å². The summed E-state index contributed by atoms with van der Waals surface area (Å²) in [5, 5.41) is 0.521. The maximum atomic E-state index is 13.7. The second kappa shape index (κ2) is 5.49. The van der Waals surface area contributed by atoms with Crippen molar-refractivity contribution < 1.29 is 4.39 Å². The van der Waals surface area contributed by atoms with Gasteiger partial charge in [0.2, 0.25) is 0 Å². The number of nitrogens with zero attached hydrogens (tertiary/aromatic N) is 2. The van der Waals surface area contributed by atoms with Crippen LogP contribution in [0, 0.1) is 12.7 Å². The number of benzene rings is 1. The van der Waals surface area contributed by atoms with Crippen LogP contribution in [-0.2, 0) is 12.8 Å². The fourth-order valence-corrected chi connectivity index (χ4v) is 2.87. The first-order chi connectivity index (χ1) is 9.65. The van der Waals surface area contributed by atoms with Crippen molar-refractivity contribution in [1.29, 1.82) is 0 Å². The number of aryl methyl sites for hydroxylation is 2. The molecule has 0 aliphatic heterocycles. The van der Waals surface area contributed by atoms with Gasteiger partial charge in [-0.05, 0) is 44.2 Å². The first-order valence-corrected chi connectivity index (χ1v) is 7.35. The van der Waals surface area contributed by atoms with Crippen molar-refractivity contribution in [2.24, 2.45) is 0 Å². The van der Waals surface area contributed by atoms with Gasteiger partial charge >= 0.3 is 0 Å². The molecule has 1 aliphatic carbocycles. The van der Waals surface area contributed by atoms with Crippen molar-refractivity contribution >= 4 is 11.6 Å². The Bertz CT molecular complexity index is 655. The van der Waals surface area contributed by atoms with Gasteiger partial charge in [0, 0.05) is 16.8 Å². The van der Waals surface area contributed by atoms with Gasteiger partial charge in [-0.1, -0.05) is 30.2 Å². The highest BCUT2D eigenvalue weighted by atomic mass is 35.5. The Morgan fingerprint density at radius 2 is 1.90 bits per heavy atom. The van der Waals surface area contributed by atoms with Crippen molar-refractivity contribution in [2.75, 3.05) is 0 Å². The monoisotopic (exact) mass is 290 g/mol. The van der Waals surface area contributed by atoms with Gasteiger partial charge < -0.3 is 0 Å². The van der Waals surface area contributed by atoms with Crippen LogP contribution in [0.3, 0.4) is 0 Å². The van der Waals surface area contributed by atoms with E-state index in [-0.39, 0.29) is 5.82 Å². The lowest BCUT2D eigenvalue weighted by atomic mass is 10.1. The minimum atomic E-state index is -0.239. The van der Waals surface area contributed by atoms with E-state index >= 15 is 0 Å². The van der Waals surface area contributed by atoms with Gasteiger partial charge in [0.1, 0.15) is 11.0 Å². The van der Waals surface area contributed by atoms with E-state index in [4.69, 9.17) is 11.6 Å². The van der Waals surface area contributed by atoms with Crippen LogP contribution in [0.4, 0.5) is 4.39 Å². The predicted octanol–water partition coefficient (Wildman–Crippen LogP) is 4.51. The lowest BCUT2D eigenvalue weighted by Crippen LogP contribution is -2.02. The van der Waals surface area contributed by atoms with E-state index in [0.717, 1.165) is 36.9 Å². The van der Waals surface area contributed by atoms with Gasteiger partial charge in [0.25, 0.3) is 0 Å². The Balaban J connectivity index is 2.08. The molecule has 0 spiro atoms. The summed E-state index contributed by atoms with van der Waals surface area (Å²) in [7, 11) is 0. The number of hydrogen-bond donors (Lipinski definition) is 0. The van der Waals surface area contributed by atoms with Gasteiger partial charge in [-0.25, -0.2) is 14.4 Å². The SMILES string of the molecule is Cc1ccc(-c2nc(Cl)c3c(n2)CCCCC3)cc1F. The molecule has 0 unspecified atom stereocenters. The van der Waals surface area contributed by atoms with Crippen molar-refractivity contribution in [3.8, 4) is 11.4 Å². The first-order valence-electron chi connectivity index (χ1n) is 6.97. The molecule has 4 heteroatoms. The van der Waals surface area contributed by atoms with E-state index in [1.54, 1.807) is 13.0 Å². The highest BCUT2D eigenvalue weighted by Gasteiger charge is 2.16. The Morgan fingerprint density at radius 1 is 1.10 bits per heavy atom. The molecule has 2 aromatic rings. The lowest BCUT2D eigenvalue weighted by Gasteiger charge is -2.10. The van der Waals surface area contributed by atoms with E-state index in [2.05, 4.69) is 9.97 Å².